The molecule has 11 nitrogen and oxygen atoms in total. The van der Waals surface area contributed by atoms with Crippen LogP contribution >= 0.6 is 0 Å². The van der Waals surface area contributed by atoms with Crippen LogP contribution in [0.5, 0.6) is 11.8 Å². The second-order valence-electron chi connectivity index (χ2n) is 9.62. The van der Waals surface area contributed by atoms with Crippen LogP contribution in [0.15, 0.2) is 24.4 Å². The zero-order valence-corrected chi connectivity index (χ0v) is 20.9. The molecule has 0 spiro atoms. The number of ether oxygens (including phenoxy) is 3. The van der Waals surface area contributed by atoms with Gasteiger partial charge in [-0.15, -0.1) is 5.10 Å². The number of nitrogens with zero attached hydrogens (tertiary/aromatic N) is 6. The highest BCUT2D eigenvalue weighted by Gasteiger charge is 2.58. The number of hydrogen-bond donors (Lipinski definition) is 1. The van der Waals surface area contributed by atoms with Gasteiger partial charge in [0, 0.05) is 26.3 Å². The molecule has 0 saturated heterocycles. The Bertz CT molecular complexity index is 1300. The molecule has 0 bridgehead atoms. The minimum absolute atomic E-state index is 0.0277. The maximum Gasteiger partial charge on any atom is 0.341 e. The molecule has 5 rings (SSSR count). The van der Waals surface area contributed by atoms with Gasteiger partial charge in [0.1, 0.15) is 23.7 Å². The minimum Gasteiger partial charge on any atom is -0.489 e. The Labute approximate surface area is 213 Å². The summed E-state index contributed by atoms with van der Waals surface area (Å²) in [7, 11) is 3.36. The molecule has 2 aliphatic carbocycles. The summed E-state index contributed by atoms with van der Waals surface area (Å²) in [6.07, 6.45) is 3.04. The third kappa shape index (κ3) is 4.85. The summed E-state index contributed by atoms with van der Waals surface area (Å²) in [6.45, 7) is 2.31. The Hall–Kier alpha value is -3.67. The third-order valence-corrected chi connectivity index (χ3v) is 7.31. The maximum absolute atomic E-state index is 15.0. The van der Waals surface area contributed by atoms with Gasteiger partial charge in [-0.05, 0) is 56.7 Å². The van der Waals surface area contributed by atoms with E-state index in [9.17, 15) is 14.3 Å². The Morgan fingerprint density at radius 2 is 2.08 bits per heavy atom. The lowest BCUT2D eigenvalue weighted by Gasteiger charge is -2.22. The van der Waals surface area contributed by atoms with E-state index in [1.165, 1.54) is 0 Å². The van der Waals surface area contributed by atoms with Gasteiger partial charge in [-0.2, -0.15) is 4.98 Å². The van der Waals surface area contributed by atoms with Crippen molar-refractivity contribution < 1.29 is 28.5 Å². The topological polar surface area (TPSA) is 134 Å². The van der Waals surface area contributed by atoms with Crippen molar-refractivity contribution in [3.8, 4) is 23.1 Å². The van der Waals surface area contributed by atoms with Crippen molar-refractivity contribution in [3.63, 3.8) is 0 Å². The molecule has 0 aliphatic heterocycles. The molecule has 4 atom stereocenters. The van der Waals surface area contributed by atoms with Crippen LogP contribution in [0.1, 0.15) is 42.8 Å². The van der Waals surface area contributed by atoms with Gasteiger partial charge >= 0.3 is 12.0 Å². The van der Waals surface area contributed by atoms with Gasteiger partial charge in [0.05, 0.1) is 29.8 Å². The normalized spacial score (nSPS) is 24.7. The molecule has 0 amide bonds. The molecule has 2 saturated carbocycles. The molecule has 2 fully saturated rings. The first kappa shape index (κ1) is 25.0. The predicted octanol–water partition coefficient (Wildman–Crippen LogP) is 3.06. The summed E-state index contributed by atoms with van der Waals surface area (Å²) in [5.41, 5.74) is 1.05. The number of halogens is 1. The fraction of sp³-hybridized carbons (Fsp3) is 0.520. The smallest absolute Gasteiger partial charge is 0.341 e. The van der Waals surface area contributed by atoms with Gasteiger partial charge in [-0.25, -0.2) is 23.8 Å². The number of hydrogen-bond acceptors (Lipinski definition) is 9. The van der Waals surface area contributed by atoms with Gasteiger partial charge in [-0.3, -0.25) is 0 Å². The number of carbonyl (C=O) groups is 1. The molecule has 3 aromatic heterocycles. The molecule has 0 unspecified atom stereocenters. The zero-order valence-electron chi connectivity index (χ0n) is 20.9. The number of rotatable bonds is 9. The lowest BCUT2D eigenvalue weighted by molar-refractivity contribution is -0.153. The third-order valence-electron chi connectivity index (χ3n) is 7.31. The Morgan fingerprint density at radius 3 is 2.84 bits per heavy atom. The lowest BCUT2D eigenvalue weighted by Crippen LogP contribution is -2.38. The highest BCUT2D eigenvalue weighted by atomic mass is 19.1. The van der Waals surface area contributed by atoms with Crippen molar-refractivity contribution in [2.45, 2.75) is 57.6 Å². The number of methoxy groups -OCH3 is 1. The van der Waals surface area contributed by atoms with Crippen molar-refractivity contribution >= 4 is 5.97 Å². The first-order chi connectivity index (χ1) is 17.8. The van der Waals surface area contributed by atoms with E-state index in [1.54, 1.807) is 37.2 Å². The van der Waals surface area contributed by atoms with E-state index >= 15 is 0 Å². The van der Waals surface area contributed by atoms with Gasteiger partial charge in [0.25, 0.3) is 0 Å². The summed E-state index contributed by atoms with van der Waals surface area (Å²) < 4.78 is 33.6. The largest absolute Gasteiger partial charge is 0.489 e. The number of alkyl halides is 1. The number of carboxylic acid groups (broad SMARTS) is 1. The molecule has 0 aromatic carbocycles. The van der Waals surface area contributed by atoms with Crippen molar-refractivity contribution in [1.29, 1.82) is 0 Å². The van der Waals surface area contributed by atoms with Gasteiger partial charge in [-0.1, -0.05) is 5.21 Å². The number of carboxylic acids is 1. The van der Waals surface area contributed by atoms with Gasteiger partial charge in [0.15, 0.2) is 0 Å². The summed E-state index contributed by atoms with van der Waals surface area (Å²) in [4.78, 5) is 24.6. The quantitative estimate of drug-likeness (QED) is 0.456. The number of aryl methyl sites for hydroxylation is 2. The molecule has 2 aliphatic rings. The van der Waals surface area contributed by atoms with Crippen LogP contribution in [0.4, 0.5) is 4.39 Å². The first-order valence-electron chi connectivity index (χ1n) is 12.2. The van der Waals surface area contributed by atoms with Crippen molar-refractivity contribution in [1.82, 2.24) is 29.9 Å². The molecule has 1 N–H and O–H groups in total. The van der Waals surface area contributed by atoms with E-state index in [2.05, 4.69) is 25.3 Å². The number of aliphatic carboxylic acids is 1. The Kier molecular flexibility index (Phi) is 6.76. The molecule has 3 heterocycles. The molecule has 3 aromatic rings. The van der Waals surface area contributed by atoms with Crippen molar-refractivity contribution in [2.24, 2.45) is 18.9 Å². The summed E-state index contributed by atoms with van der Waals surface area (Å²) in [6, 6.07) is 5.57. The fourth-order valence-electron chi connectivity index (χ4n) is 5.42. The van der Waals surface area contributed by atoms with E-state index in [-0.39, 0.29) is 31.1 Å². The monoisotopic (exact) mass is 512 g/mol. The molecular formula is C25H29FN6O5. The fourth-order valence-corrected chi connectivity index (χ4v) is 5.42. The zero-order chi connectivity index (χ0) is 26.2. The Balaban J connectivity index is 1.28. The Morgan fingerprint density at radius 1 is 1.24 bits per heavy atom. The number of fused-ring (bicyclic) bond motifs is 1. The number of aromatic nitrogens is 6. The summed E-state index contributed by atoms with van der Waals surface area (Å²) >= 11 is 0. The lowest BCUT2D eigenvalue weighted by atomic mass is 9.89. The van der Waals surface area contributed by atoms with Crippen LogP contribution in [0.3, 0.4) is 0 Å². The van der Waals surface area contributed by atoms with Crippen LogP contribution in [-0.2, 0) is 29.8 Å². The predicted molar refractivity (Wildman–Crippen MR) is 127 cm³/mol. The molecule has 0 radical (unpaired) electrons. The average molecular weight is 513 g/mol. The van der Waals surface area contributed by atoms with Crippen LogP contribution in [0.2, 0.25) is 0 Å². The van der Waals surface area contributed by atoms with Crippen LogP contribution in [-0.4, -0.2) is 59.9 Å². The van der Waals surface area contributed by atoms with Crippen molar-refractivity contribution in [2.75, 3.05) is 7.11 Å². The van der Waals surface area contributed by atoms with E-state index in [0.29, 0.717) is 60.1 Å². The summed E-state index contributed by atoms with van der Waals surface area (Å²) in [5.74, 6) is -1.26. The SMILES string of the molecule is COCc1ccnc(OCc2c(-c3ccc(O[C@H]4C[C@@H]5CC[C@@](F)(C(=O)O)[C@@H]5C4)c(C)n3)nnn2C)n1. The van der Waals surface area contributed by atoms with Gasteiger partial charge < -0.3 is 19.3 Å². The van der Waals surface area contributed by atoms with E-state index in [1.807, 2.05) is 13.0 Å². The highest BCUT2D eigenvalue weighted by Crippen LogP contribution is 2.52. The summed E-state index contributed by atoms with van der Waals surface area (Å²) in [5, 5.41) is 17.8. The van der Waals surface area contributed by atoms with Crippen LogP contribution < -0.4 is 9.47 Å². The average Bonchev–Trinajstić information content (AvgIpc) is 3.54. The second-order valence-corrected chi connectivity index (χ2v) is 9.62. The van der Waals surface area contributed by atoms with E-state index < -0.39 is 17.6 Å². The van der Waals surface area contributed by atoms with Crippen LogP contribution in [0.25, 0.3) is 11.4 Å². The first-order valence-corrected chi connectivity index (χ1v) is 12.2. The maximum atomic E-state index is 15.0. The van der Waals surface area contributed by atoms with E-state index in [0.717, 1.165) is 0 Å². The minimum atomic E-state index is -2.15. The molecule has 196 valence electrons. The molecule has 37 heavy (non-hydrogen) atoms. The van der Waals surface area contributed by atoms with Gasteiger partial charge in [0.2, 0.25) is 5.67 Å². The number of pyridine rings is 1. The van der Waals surface area contributed by atoms with Crippen LogP contribution in [0, 0.1) is 18.8 Å². The molecular weight excluding hydrogens is 483 g/mol. The molecule has 12 heteroatoms. The highest BCUT2D eigenvalue weighted by molar-refractivity contribution is 5.78. The standard InChI is InChI=1S/C25H29FN6O5/c1-14-21(37-17-10-15-6-8-25(26,23(33)34)18(15)11-17)5-4-19(28-14)22-20(32(2)31-30-22)13-36-24-27-9-7-16(29-24)12-35-3/h4-5,7,9,15,17-18H,6,8,10-13H2,1-3H3,(H,33,34)/t15-,17-,18+,25-/m0/s1. The van der Waals surface area contributed by atoms with E-state index in [4.69, 9.17) is 14.2 Å². The second kappa shape index (κ2) is 10.0. The van der Waals surface area contributed by atoms with Crippen molar-refractivity contribution in [3.05, 3.63) is 41.5 Å².